The molecule has 0 amide bonds. The Hall–Kier alpha value is -2.98. The number of nitrogens with zero attached hydrogens (tertiary/aromatic N) is 2. The Morgan fingerprint density at radius 2 is 1.15 bits per heavy atom. The highest BCUT2D eigenvalue weighted by atomic mass is 16.5. The molecule has 4 heteroatoms. The monoisotopic (exact) mass is 346 g/mol. The molecule has 1 fully saturated rings. The maximum absolute atomic E-state index is 8.55. The van der Waals surface area contributed by atoms with Gasteiger partial charge in [-0.15, -0.1) is 10.5 Å². The predicted octanol–water partition coefficient (Wildman–Crippen LogP) is 5.00. The van der Waals surface area contributed by atoms with Crippen LogP contribution in [0.2, 0.25) is 0 Å². The molecule has 0 bridgehead atoms. The van der Waals surface area contributed by atoms with Crippen LogP contribution in [-0.4, -0.2) is 0 Å². The summed E-state index contributed by atoms with van der Waals surface area (Å²) in [5, 5.41) is 17.1. The summed E-state index contributed by atoms with van der Waals surface area (Å²) in [4.78, 5) is 0. The molecule has 0 heterocycles. The summed E-state index contributed by atoms with van der Waals surface area (Å²) in [7, 11) is 0. The Labute approximate surface area is 154 Å². The van der Waals surface area contributed by atoms with Crippen molar-refractivity contribution in [2.75, 3.05) is 0 Å². The second-order valence-corrected chi connectivity index (χ2v) is 6.98. The van der Waals surface area contributed by atoms with E-state index in [-0.39, 0.29) is 0 Å². The minimum Gasteiger partial charge on any atom is -0.388 e. The van der Waals surface area contributed by atoms with E-state index in [1.165, 1.54) is 36.8 Å². The van der Waals surface area contributed by atoms with Crippen molar-refractivity contribution < 1.29 is 9.47 Å². The Morgan fingerprint density at radius 1 is 0.731 bits per heavy atom. The zero-order chi connectivity index (χ0) is 18.2. The predicted molar refractivity (Wildman–Crippen MR) is 98.2 cm³/mol. The summed E-state index contributed by atoms with van der Waals surface area (Å²) in [5.74, 6) is 2.61. The standard InChI is InChI=1S/C22H22N2O2/c23-15-25-21-8-4-17(5-9-21)12-19-2-1-3-20(14-19)13-18-6-10-22(11-7-18)26-16-24/h4-11,19-20H,1-3,12-14H2. The molecule has 0 aliphatic heterocycles. The minimum atomic E-state index is 0.599. The topological polar surface area (TPSA) is 66.0 Å². The van der Waals surface area contributed by atoms with Crippen molar-refractivity contribution >= 4 is 0 Å². The summed E-state index contributed by atoms with van der Waals surface area (Å²) in [5.41, 5.74) is 2.61. The van der Waals surface area contributed by atoms with Crippen LogP contribution in [0.4, 0.5) is 0 Å². The number of nitriles is 2. The van der Waals surface area contributed by atoms with Crippen LogP contribution in [-0.2, 0) is 12.8 Å². The van der Waals surface area contributed by atoms with Gasteiger partial charge >= 0.3 is 0 Å². The highest BCUT2D eigenvalue weighted by Crippen LogP contribution is 2.33. The molecule has 1 aliphatic rings. The van der Waals surface area contributed by atoms with Crippen LogP contribution in [0.25, 0.3) is 0 Å². The fourth-order valence-corrected chi connectivity index (χ4v) is 3.93. The van der Waals surface area contributed by atoms with Crippen molar-refractivity contribution in [2.45, 2.75) is 38.5 Å². The van der Waals surface area contributed by atoms with Gasteiger partial charge in [-0.3, -0.25) is 0 Å². The first kappa shape index (κ1) is 17.8. The van der Waals surface area contributed by atoms with Crippen molar-refractivity contribution in [1.29, 1.82) is 10.5 Å². The molecule has 1 saturated carbocycles. The smallest absolute Gasteiger partial charge is 0.292 e. The van der Waals surface area contributed by atoms with E-state index in [1.54, 1.807) is 12.5 Å². The zero-order valence-electron chi connectivity index (χ0n) is 14.7. The van der Waals surface area contributed by atoms with Gasteiger partial charge in [-0.1, -0.05) is 43.5 Å². The van der Waals surface area contributed by atoms with Gasteiger partial charge in [0.15, 0.2) is 0 Å². The summed E-state index contributed by atoms with van der Waals surface area (Å²) in [6.45, 7) is 0. The van der Waals surface area contributed by atoms with E-state index < -0.39 is 0 Å². The van der Waals surface area contributed by atoms with E-state index in [0.717, 1.165) is 12.8 Å². The van der Waals surface area contributed by atoms with Crippen molar-refractivity contribution in [3.05, 3.63) is 59.7 Å². The fraction of sp³-hybridized carbons (Fsp3) is 0.364. The Bertz CT molecular complexity index is 717. The molecule has 0 aromatic heterocycles. The highest BCUT2D eigenvalue weighted by molar-refractivity contribution is 5.29. The number of ether oxygens (including phenoxy) is 2. The summed E-state index contributed by atoms with van der Waals surface area (Å²) >= 11 is 0. The third-order valence-corrected chi connectivity index (χ3v) is 5.11. The second kappa shape index (κ2) is 8.92. The molecule has 4 nitrogen and oxygen atoms in total. The number of benzene rings is 2. The molecular weight excluding hydrogens is 324 g/mol. The van der Waals surface area contributed by atoms with Crippen LogP contribution in [0, 0.1) is 34.9 Å². The van der Waals surface area contributed by atoms with Crippen LogP contribution < -0.4 is 9.47 Å². The van der Waals surface area contributed by atoms with Crippen molar-refractivity contribution in [1.82, 2.24) is 0 Å². The molecule has 0 N–H and O–H groups in total. The second-order valence-electron chi connectivity index (χ2n) is 6.98. The first-order valence-corrected chi connectivity index (χ1v) is 9.06. The van der Waals surface area contributed by atoms with Gasteiger partial charge in [-0.05, 0) is 66.5 Å². The third-order valence-electron chi connectivity index (χ3n) is 5.11. The van der Waals surface area contributed by atoms with Gasteiger partial charge < -0.3 is 9.47 Å². The third kappa shape index (κ3) is 5.01. The average Bonchev–Trinajstić information content (AvgIpc) is 2.66. The lowest BCUT2D eigenvalue weighted by Gasteiger charge is -2.29. The molecule has 2 unspecified atom stereocenters. The van der Waals surface area contributed by atoms with E-state index in [4.69, 9.17) is 20.0 Å². The highest BCUT2D eigenvalue weighted by Gasteiger charge is 2.22. The van der Waals surface area contributed by atoms with Gasteiger partial charge in [0.1, 0.15) is 11.5 Å². The van der Waals surface area contributed by atoms with E-state index in [9.17, 15) is 0 Å². The first-order valence-electron chi connectivity index (χ1n) is 9.06. The van der Waals surface area contributed by atoms with Gasteiger partial charge in [-0.25, -0.2) is 0 Å². The van der Waals surface area contributed by atoms with Crippen molar-refractivity contribution in [3.8, 4) is 24.0 Å². The zero-order valence-corrected chi connectivity index (χ0v) is 14.7. The molecule has 132 valence electrons. The van der Waals surface area contributed by atoms with Crippen LogP contribution in [0.3, 0.4) is 0 Å². The Kier molecular flexibility index (Phi) is 6.12. The van der Waals surface area contributed by atoms with E-state index in [1.807, 2.05) is 24.3 Å². The molecule has 2 atom stereocenters. The summed E-state index contributed by atoms with van der Waals surface area (Å²) in [6, 6.07) is 15.7. The molecule has 2 aromatic carbocycles. The summed E-state index contributed by atoms with van der Waals surface area (Å²) in [6.07, 6.45) is 10.6. The molecule has 26 heavy (non-hydrogen) atoms. The van der Waals surface area contributed by atoms with Crippen LogP contribution >= 0.6 is 0 Å². The molecule has 0 radical (unpaired) electrons. The lowest BCUT2D eigenvalue weighted by molar-refractivity contribution is 0.264. The van der Waals surface area contributed by atoms with Gasteiger partial charge in [0, 0.05) is 0 Å². The first-order chi connectivity index (χ1) is 12.8. The van der Waals surface area contributed by atoms with E-state index >= 15 is 0 Å². The van der Waals surface area contributed by atoms with Gasteiger partial charge in [0.05, 0.1) is 0 Å². The van der Waals surface area contributed by atoms with Crippen molar-refractivity contribution in [3.63, 3.8) is 0 Å². The normalized spacial score (nSPS) is 19.2. The van der Waals surface area contributed by atoms with Crippen LogP contribution in [0.1, 0.15) is 36.8 Å². The number of hydrogen-bond donors (Lipinski definition) is 0. The number of hydrogen-bond acceptors (Lipinski definition) is 4. The van der Waals surface area contributed by atoms with Crippen LogP contribution in [0.15, 0.2) is 48.5 Å². The maximum Gasteiger partial charge on any atom is 0.292 e. The molecule has 0 saturated heterocycles. The SMILES string of the molecule is N#COc1ccc(CC2CCCC(Cc3ccc(OC#N)cc3)C2)cc1. The van der Waals surface area contributed by atoms with E-state index in [0.29, 0.717) is 23.3 Å². The molecule has 3 rings (SSSR count). The molecule has 0 spiro atoms. The quantitative estimate of drug-likeness (QED) is 0.691. The van der Waals surface area contributed by atoms with E-state index in [2.05, 4.69) is 24.3 Å². The van der Waals surface area contributed by atoms with Crippen molar-refractivity contribution in [2.24, 2.45) is 11.8 Å². The lowest BCUT2D eigenvalue weighted by Crippen LogP contribution is -2.19. The molecule has 2 aromatic rings. The fourth-order valence-electron chi connectivity index (χ4n) is 3.93. The minimum absolute atomic E-state index is 0.599. The van der Waals surface area contributed by atoms with Gasteiger partial charge in [-0.2, -0.15) is 0 Å². The molecular formula is C22H22N2O2. The lowest BCUT2D eigenvalue weighted by atomic mass is 9.76. The van der Waals surface area contributed by atoms with Gasteiger partial charge in [0.25, 0.3) is 12.5 Å². The largest absolute Gasteiger partial charge is 0.388 e. The van der Waals surface area contributed by atoms with Gasteiger partial charge in [0.2, 0.25) is 0 Å². The Morgan fingerprint density at radius 3 is 1.54 bits per heavy atom. The number of rotatable bonds is 6. The Balaban J connectivity index is 1.53. The summed E-state index contributed by atoms with van der Waals surface area (Å²) < 4.78 is 9.67. The maximum atomic E-state index is 8.55. The van der Waals surface area contributed by atoms with Crippen LogP contribution in [0.5, 0.6) is 11.5 Å². The average molecular weight is 346 g/mol. The molecule has 1 aliphatic carbocycles.